The third kappa shape index (κ3) is 3.56. The van der Waals surface area contributed by atoms with Crippen LogP contribution in [0.2, 0.25) is 0 Å². The van der Waals surface area contributed by atoms with E-state index in [0.717, 1.165) is 12.1 Å². The van der Waals surface area contributed by atoms with Crippen LogP contribution < -0.4 is 10.6 Å². The molecule has 0 aliphatic heterocycles. The lowest BCUT2D eigenvalue weighted by Gasteiger charge is -1.99. The number of hydrogen-bond acceptors (Lipinski definition) is 2. The van der Waals surface area contributed by atoms with E-state index in [1.54, 1.807) is 7.05 Å². The van der Waals surface area contributed by atoms with Crippen LogP contribution in [0.4, 0.5) is 0 Å². The lowest BCUT2D eigenvalue weighted by atomic mass is 10.1. The largest absolute Gasteiger partial charge is 0.355 e. The summed E-state index contributed by atoms with van der Waals surface area (Å²) in [5, 5.41) is 5.61. The van der Waals surface area contributed by atoms with Crippen molar-refractivity contribution in [3.63, 3.8) is 0 Å². The Balaban J connectivity index is 2.68. The van der Waals surface area contributed by atoms with Crippen molar-refractivity contribution in [2.75, 3.05) is 20.6 Å². The van der Waals surface area contributed by atoms with E-state index in [4.69, 9.17) is 0 Å². The summed E-state index contributed by atoms with van der Waals surface area (Å²) in [5.74, 6) is -0.0549. The van der Waals surface area contributed by atoms with E-state index in [9.17, 15) is 4.79 Å². The van der Waals surface area contributed by atoms with E-state index in [-0.39, 0.29) is 5.91 Å². The average Bonchev–Trinajstić information content (AvgIpc) is 2.29. The molecular weight excluding hydrogens is 188 g/mol. The first-order valence-electron chi connectivity index (χ1n) is 4.91. The molecule has 3 nitrogen and oxygen atoms in total. The van der Waals surface area contributed by atoms with Gasteiger partial charge in [-0.25, -0.2) is 0 Å². The number of likely N-dealkylation sites (N-methyl/N-ethyl adjacent to an activating group) is 1. The summed E-state index contributed by atoms with van der Waals surface area (Å²) in [7, 11) is 3.53. The Bertz CT molecular complexity index is 341. The fraction of sp³-hybridized carbons (Fsp3) is 0.250. The molecule has 0 fully saturated rings. The molecule has 0 bridgehead atoms. The summed E-state index contributed by atoms with van der Waals surface area (Å²) in [6.45, 7) is 0.844. The van der Waals surface area contributed by atoms with Crippen LogP contribution in [0.3, 0.4) is 0 Å². The van der Waals surface area contributed by atoms with Crippen LogP contribution in [-0.4, -0.2) is 26.5 Å². The van der Waals surface area contributed by atoms with Crippen molar-refractivity contribution in [1.29, 1.82) is 0 Å². The smallest absolute Gasteiger partial charge is 0.251 e. The third-order valence-corrected chi connectivity index (χ3v) is 2.03. The Morgan fingerprint density at radius 3 is 2.47 bits per heavy atom. The monoisotopic (exact) mass is 204 g/mol. The highest BCUT2D eigenvalue weighted by atomic mass is 16.1. The predicted molar refractivity (Wildman–Crippen MR) is 62.8 cm³/mol. The van der Waals surface area contributed by atoms with Crippen LogP contribution in [0.1, 0.15) is 15.9 Å². The Hall–Kier alpha value is -1.61. The molecule has 0 saturated carbocycles. The number of rotatable bonds is 4. The van der Waals surface area contributed by atoms with E-state index in [0.29, 0.717) is 5.56 Å². The zero-order valence-corrected chi connectivity index (χ0v) is 9.08. The van der Waals surface area contributed by atoms with E-state index >= 15 is 0 Å². The maximum absolute atomic E-state index is 11.2. The predicted octanol–water partition coefficient (Wildman–Crippen LogP) is 1.28. The highest BCUT2D eigenvalue weighted by molar-refractivity contribution is 5.94. The van der Waals surface area contributed by atoms with Gasteiger partial charge in [0.1, 0.15) is 0 Å². The second-order valence-electron chi connectivity index (χ2n) is 3.16. The van der Waals surface area contributed by atoms with Crippen molar-refractivity contribution in [1.82, 2.24) is 10.6 Å². The topological polar surface area (TPSA) is 41.1 Å². The third-order valence-electron chi connectivity index (χ3n) is 2.03. The van der Waals surface area contributed by atoms with Gasteiger partial charge in [-0.1, -0.05) is 24.3 Å². The first-order chi connectivity index (χ1) is 7.27. The van der Waals surface area contributed by atoms with Crippen molar-refractivity contribution < 1.29 is 4.79 Å². The van der Waals surface area contributed by atoms with Crippen LogP contribution in [-0.2, 0) is 0 Å². The molecule has 0 aliphatic rings. The first kappa shape index (κ1) is 11.5. The Kier molecular flexibility index (Phi) is 4.57. The number of benzene rings is 1. The van der Waals surface area contributed by atoms with Gasteiger partial charge in [0.2, 0.25) is 0 Å². The van der Waals surface area contributed by atoms with Crippen LogP contribution in [0.15, 0.2) is 30.3 Å². The highest BCUT2D eigenvalue weighted by Gasteiger charge is 2.00. The number of nitrogens with one attached hydrogen (secondary N) is 2. The summed E-state index contributed by atoms with van der Waals surface area (Å²) in [4.78, 5) is 11.2. The normalized spacial score (nSPS) is 10.5. The molecule has 15 heavy (non-hydrogen) atoms. The molecule has 1 aromatic rings. The number of amides is 1. The zero-order chi connectivity index (χ0) is 11.1. The maximum Gasteiger partial charge on any atom is 0.251 e. The quantitative estimate of drug-likeness (QED) is 0.775. The minimum absolute atomic E-state index is 0.0549. The van der Waals surface area contributed by atoms with Gasteiger partial charge in [0, 0.05) is 19.2 Å². The van der Waals surface area contributed by atoms with Crippen molar-refractivity contribution in [2.24, 2.45) is 0 Å². The Morgan fingerprint density at radius 1 is 1.27 bits per heavy atom. The van der Waals surface area contributed by atoms with Gasteiger partial charge in [-0.05, 0) is 24.7 Å². The summed E-state index contributed by atoms with van der Waals surface area (Å²) >= 11 is 0. The summed E-state index contributed by atoms with van der Waals surface area (Å²) in [6, 6.07) is 7.49. The van der Waals surface area contributed by atoms with E-state index in [1.807, 2.05) is 43.5 Å². The summed E-state index contributed by atoms with van der Waals surface area (Å²) < 4.78 is 0. The zero-order valence-electron chi connectivity index (χ0n) is 9.08. The average molecular weight is 204 g/mol. The molecule has 2 N–H and O–H groups in total. The van der Waals surface area contributed by atoms with Gasteiger partial charge in [0.15, 0.2) is 0 Å². The second kappa shape index (κ2) is 5.98. The molecule has 1 aromatic carbocycles. The van der Waals surface area contributed by atoms with Gasteiger partial charge in [-0.15, -0.1) is 0 Å². The maximum atomic E-state index is 11.2. The molecule has 0 unspecified atom stereocenters. The number of carbonyl (C=O) groups excluding carboxylic acids is 1. The summed E-state index contributed by atoms with van der Waals surface area (Å²) in [6.07, 6.45) is 4.05. The van der Waals surface area contributed by atoms with Gasteiger partial charge >= 0.3 is 0 Å². The molecule has 0 heterocycles. The van der Waals surface area contributed by atoms with Crippen LogP contribution in [0.25, 0.3) is 6.08 Å². The molecule has 0 atom stereocenters. The Morgan fingerprint density at radius 2 is 1.93 bits per heavy atom. The molecule has 3 heteroatoms. The fourth-order valence-electron chi connectivity index (χ4n) is 1.20. The van der Waals surface area contributed by atoms with Crippen molar-refractivity contribution >= 4 is 12.0 Å². The number of carbonyl (C=O) groups is 1. The molecule has 80 valence electrons. The molecular formula is C12H16N2O. The van der Waals surface area contributed by atoms with E-state index in [1.165, 1.54) is 0 Å². The lowest BCUT2D eigenvalue weighted by molar-refractivity contribution is 0.0963. The van der Waals surface area contributed by atoms with Crippen LogP contribution >= 0.6 is 0 Å². The molecule has 0 aromatic heterocycles. The number of hydrogen-bond donors (Lipinski definition) is 2. The molecule has 0 aliphatic carbocycles. The minimum atomic E-state index is -0.0549. The van der Waals surface area contributed by atoms with E-state index in [2.05, 4.69) is 10.6 Å². The van der Waals surface area contributed by atoms with Crippen LogP contribution in [0.5, 0.6) is 0 Å². The lowest BCUT2D eigenvalue weighted by Crippen LogP contribution is -2.17. The van der Waals surface area contributed by atoms with Crippen molar-refractivity contribution in [2.45, 2.75) is 0 Å². The SMILES string of the molecule is CNCC=Cc1ccc(C(=O)NC)cc1. The molecule has 1 rings (SSSR count). The minimum Gasteiger partial charge on any atom is -0.355 e. The Labute approximate surface area is 90.2 Å². The van der Waals surface area contributed by atoms with E-state index < -0.39 is 0 Å². The van der Waals surface area contributed by atoms with Gasteiger partial charge in [0.05, 0.1) is 0 Å². The van der Waals surface area contributed by atoms with Gasteiger partial charge in [0.25, 0.3) is 5.91 Å². The molecule has 1 amide bonds. The van der Waals surface area contributed by atoms with Gasteiger partial charge < -0.3 is 10.6 Å². The fourth-order valence-corrected chi connectivity index (χ4v) is 1.20. The second-order valence-corrected chi connectivity index (χ2v) is 3.16. The van der Waals surface area contributed by atoms with Crippen molar-refractivity contribution in [3.8, 4) is 0 Å². The standard InChI is InChI=1S/C12H16N2O/c1-13-9-3-4-10-5-7-11(8-6-10)12(15)14-2/h3-8,13H,9H2,1-2H3,(H,14,15). The van der Waals surface area contributed by atoms with Crippen LogP contribution in [0, 0.1) is 0 Å². The molecule has 0 radical (unpaired) electrons. The van der Waals surface area contributed by atoms with Crippen molar-refractivity contribution in [3.05, 3.63) is 41.5 Å². The highest BCUT2D eigenvalue weighted by Crippen LogP contribution is 2.05. The van der Waals surface area contributed by atoms with Gasteiger partial charge in [-0.2, -0.15) is 0 Å². The first-order valence-corrected chi connectivity index (χ1v) is 4.91. The summed E-state index contributed by atoms with van der Waals surface area (Å²) in [5.41, 5.74) is 1.78. The molecule has 0 saturated heterocycles. The molecule has 0 spiro atoms. The van der Waals surface area contributed by atoms with Gasteiger partial charge in [-0.3, -0.25) is 4.79 Å².